The molecule has 1 aromatic carbocycles. The smallest absolute Gasteiger partial charge is 0.329 e. The van der Waals surface area contributed by atoms with Crippen molar-refractivity contribution < 1.29 is 9.72 Å². The highest BCUT2D eigenvalue weighted by atomic mass is 79.9. The molecule has 5 N–H and O–H groups in total. The van der Waals surface area contributed by atoms with E-state index >= 15 is 0 Å². The predicted molar refractivity (Wildman–Crippen MR) is 126 cm³/mol. The number of amides is 1. The predicted octanol–water partition coefficient (Wildman–Crippen LogP) is 3.11. The van der Waals surface area contributed by atoms with E-state index in [0.29, 0.717) is 25.0 Å². The van der Waals surface area contributed by atoms with Crippen LogP contribution in [0.3, 0.4) is 0 Å². The van der Waals surface area contributed by atoms with Gasteiger partial charge in [0.05, 0.1) is 11.5 Å². The molecule has 0 unspecified atom stereocenters. The molecule has 0 atom stereocenters. The molecule has 1 aromatic heterocycles. The Morgan fingerprint density at radius 3 is 2.72 bits per heavy atom. The Bertz CT molecular complexity index is 964. The van der Waals surface area contributed by atoms with Gasteiger partial charge in [0.15, 0.2) is 0 Å². The third kappa shape index (κ3) is 6.36. The van der Waals surface area contributed by atoms with E-state index in [1.165, 1.54) is 6.20 Å². The number of anilines is 2. The molecule has 1 aliphatic carbocycles. The van der Waals surface area contributed by atoms with Crippen LogP contribution in [0.15, 0.2) is 28.9 Å². The minimum atomic E-state index is -0.482. The lowest BCUT2D eigenvalue weighted by atomic mass is 9.86. The Morgan fingerprint density at radius 1 is 1.28 bits per heavy atom. The highest BCUT2D eigenvalue weighted by Gasteiger charge is 2.24. The maximum absolute atomic E-state index is 11.4. The molecule has 1 saturated carbocycles. The van der Waals surface area contributed by atoms with Gasteiger partial charge in [-0.05, 0) is 55.7 Å². The molecular weight excluding hydrogens is 478 g/mol. The van der Waals surface area contributed by atoms with E-state index in [1.54, 1.807) is 0 Å². The summed E-state index contributed by atoms with van der Waals surface area (Å²) in [5.41, 5.74) is 7.38. The molecule has 1 heterocycles. The Kier molecular flexibility index (Phi) is 8.34. The summed E-state index contributed by atoms with van der Waals surface area (Å²) in [5, 5.41) is 20.6. The lowest BCUT2D eigenvalue weighted by Crippen LogP contribution is -2.41. The fourth-order valence-corrected chi connectivity index (χ4v) is 4.19. The van der Waals surface area contributed by atoms with E-state index in [1.807, 2.05) is 25.1 Å². The first-order valence-corrected chi connectivity index (χ1v) is 11.4. The van der Waals surface area contributed by atoms with Gasteiger partial charge in [0.1, 0.15) is 6.20 Å². The highest BCUT2D eigenvalue weighted by Crippen LogP contribution is 2.27. The second-order valence-electron chi connectivity index (χ2n) is 7.93. The largest absolute Gasteiger partial charge is 0.364 e. The van der Waals surface area contributed by atoms with Gasteiger partial charge < -0.3 is 21.7 Å². The van der Waals surface area contributed by atoms with Crippen LogP contribution in [0, 0.1) is 23.0 Å². The summed E-state index contributed by atoms with van der Waals surface area (Å²) in [6.45, 7) is 3.08. The standard InChI is InChI=1S/C21H28BrN7O3/c1-13-15(3-2-4-17(13)22)11-25-21-26-12-18(29(31)32)20(28-21)24-10-14-5-7-16(8-6-14)27-19(30)9-23/h2-4,12,14,16H,5-11,23H2,1H3,(H,27,30)(H2,24,25,26,28). The number of aromatic nitrogens is 2. The molecule has 0 saturated heterocycles. The van der Waals surface area contributed by atoms with Crippen LogP contribution >= 0.6 is 15.9 Å². The molecule has 11 heteroatoms. The van der Waals surface area contributed by atoms with Crippen LogP contribution in [-0.2, 0) is 11.3 Å². The quantitative estimate of drug-likeness (QED) is 0.300. The Labute approximate surface area is 195 Å². The third-order valence-corrected chi connectivity index (χ3v) is 6.60. The summed E-state index contributed by atoms with van der Waals surface area (Å²) in [5.74, 6) is 0.736. The van der Waals surface area contributed by atoms with Gasteiger partial charge in [-0.15, -0.1) is 0 Å². The maximum Gasteiger partial charge on any atom is 0.329 e. The molecule has 32 heavy (non-hydrogen) atoms. The highest BCUT2D eigenvalue weighted by molar-refractivity contribution is 9.10. The number of carbonyl (C=O) groups excluding carboxylic acids is 1. The van der Waals surface area contributed by atoms with Gasteiger partial charge in [-0.25, -0.2) is 4.98 Å². The van der Waals surface area contributed by atoms with Crippen molar-refractivity contribution in [3.05, 3.63) is 50.1 Å². The summed E-state index contributed by atoms with van der Waals surface area (Å²) < 4.78 is 1.01. The SMILES string of the molecule is Cc1c(Br)cccc1CNc1ncc([N+](=O)[O-])c(NCC2CCC(NC(=O)CN)CC2)n1. The number of carbonyl (C=O) groups is 1. The van der Waals surface area contributed by atoms with Gasteiger partial charge in [-0.1, -0.05) is 28.1 Å². The summed E-state index contributed by atoms with van der Waals surface area (Å²) in [7, 11) is 0. The fraction of sp³-hybridized carbons (Fsp3) is 0.476. The molecule has 3 rings (SSSR count). The van der Waals surface area contributed by atoms with Gasteiger partial charge in [-0.2, -0.15) is 4.98 Å². The van der Waals surface area contributed by atoms with Crippen molar-refractivity contribution >= 4 is 39.3 Å². The number of nitrogens with zero attached hydrogens (tertiary/aromatic N) is 3. The number of nitrogens with two attached hydrogens (primary N) is 1. The van der Waals surface area contributed by atoms with Crippen LogP contribution in [0.1, 0.15) is 36.8 Å². The third-order valence-electron chi connectivity index (χ3n) is 5.74. The average Bonchev–Trinajstić information content (AvgIpc) is 2.79. The lowest BCUT2D eigenvalue weighted by molar-refractivity contribution is -0.384. The molecule has 1 aliphatic rings. The van der Waals surface area contributed by atoms with E-state index in [9.17, 15) is 14.9 Å². The average molecular weight is 506 g/mol. The monoisotopic (exact) mass is 505 g/mol. The molecule has 172 valence electrons. The molecular formula is C21H28BrN7O3. The van der Waals surface area contributed by atoms with Crippen LogP contribution in [0.4, 0.5) is 17.5 Å². The van der Waals surface area contributed by atoms with Crippen molar-refractivity contribution in [3.8, 4) is 0 Å². The molecule has 1 amide bonds. The summed E-state index contributed by atoms with van der Waals surface area (Å²) in [6, 6.07) is 6.08. The van der Waals surface area contributed by atoms with Crippen LogP contribution in [-0.4, -0.2) is 39.9 Å². The van der Waals surface area contributed by atoms with Gasteiger partial charge in [-0.3, -0.25) is 14.9 Å². The Morgan fingerprint density at radius 2 is 2.03 bits per heavy atom. The zero-order chi connectivity index (χ0) is 23.1. The molecule has 1 fully saturated rings. The first-order valence-electron chi connectivity index (χ1n) is 10.6. The maximum atomic E-state index is 11.4. The molecule has 0 bridgehead atoms. The van der Waals surface area contributed by atoms with Gasteiger partial charge in [0, 0.05) is 23.6 Å². The molecule has 0 radical (unpaired) electrons. The lowest BCUT2D eigenvalue weighted by Gasteiger charge is -2.29. The van der Waals surface area contributed by atoms with Gasteiger partial charge in [0.25, 0.3) is 0 Å². The minimum Gasteiger partial charge on any atom is -0.364 e. The van der Waals surface area contributed by atoms with Gasteiger partial charge in [0.2, 0.25) is 17.7 Å². The Hall–Kier alpha value is -2.79. The van der Waals surface area contributed by atoms with E-state index < -0.39 is 4.92 Å². The minimum absolute atomic E-state index is 0.00362. The zero-order valence-electron chi connectivity index (χ0n) is 17.9. The molecule has 2 aromatic rings. The van der Waals surface area contributed by atoms with Crippen molar-refractivity contribution in [1.29, 1.82) is 0 Å². The van der Waals surface area contributed by atoms with Crippen molar-refractivity contribution in [2.24, 2.45) is 11.7 Å². The first-order chi connectivity index (χ1) is 15.4. The van der Waals surface area contributed by atoms with Gasteiger partial charge >= 0.3 is 5.69 Å². The molecule has 0 spiro atoms. The van der Waals surface area contributed by atoms with Crippen LogP contribution in [0.5, 0.6) is 0 Å². The number of nitro groups is 1. The number of nitrogens with one attached hydrogen (secondary N) is 3. The van der Waals surface area contributed by atoms with E-state index in [-0.39, 0.29) is 30.0 Å². The Balaban J connectivity index is 1.60. The molecule has 0 aliphatic heterocycles. The summed E-state index contributed by atoms with van der Waals surface area (Å²) in [6.07, 6.45) is 4.78. The second-order valence-corrected chi connectivity index (χ2v) is 8.79. The van der Waals surface area contributed by atoms with E-state index in [2.05, 4.69) is 41.8 Å². The van der Waals surface area contributed by atoms with E-state index in [4.69, 9.17) is 5.73 Å². The fourth-order valence-electron chi connectivity index (χ4n) is 3.78. The van der Waals surface area contributed by atoms with Crippen molar-refractivity contribution in [2.75, 3.05) is 23.7 Å². The topological polar surface area (TPSA) is 148 Å². The number of rotatable bonds is 9. The van der Waals surface area contributed by atoms with Crippen molar-refractivity contribution in [3.63, 3.8) is 0 Å². The summed E-state index contributed by atoms with van der Waals surface area (Å²) in [4.78, 5) is 30.9. The number of hydrogen-bond donors (Lipinski definition) is 4. The zero-order valence-corrected chi connectivity index (χ0v) is 19.5. The molecule has 10 nitrogen and oxygen atoms in total. The number of hydrogen-bond acceptors (Lipinski definition) is 8. The van der Waals surface area contributed by atoms with Crippen LogP contribution in [0.25, 0.3) is 0 Å². The normalized spacial score (nSPS) is 18.1. The number of halogens is 1. The van der Waals surface area contributed by atoms with E-state index in [0.717, 1.165) is 41.3 Å². The van der Waals surface area contributed by atoms with Crippen molar-refractivity contribution in [1.82, 2.24) is 15.3 Å². The van der Waals surface area contributed by atoms with Crippen molar-refractivity contribution in [2.45, 2.75) is 45.2 Å². The van der Waals surface area contributed by atoms with Crippen LogP contribution in [0.2, 0.25) is 0 Å². The second kappa shape index (κ2) is 11.2. The van der Waals surface area contributed by atoms with Crippen LogP contribution < -0.4 is 21.7 Å². The first kappa shape index (κ1) is 23.9. The number of benzene rings is 1. The summed E-state index contributed by atoms with van der Waals surface area (Å²) >= 11 is 3.52.